The molecule has 1 aromatic rings. The van der Waals surface area contributed by atoms with Crippen LogP contribution in [0.1, 0.15) is 17.5 Å². The van der Waals surface area contributed by atoms with Gasteiger partial charge < -0.3 is 15.2 Å². The third kappa shape index (κ3) is 2.54. The van der Waals surface area contributed by atoms with E-state index < -0.39 is 0 Å². The highest BCUT2D eigenvalue weighted by Gasteiger charge is 2.13. The van der Waals surface area contributed by atoms with Crippen molar-refractivity contribution in [2.24, 2.45) is 5.73 Å². The van der Waals surface area contributed by atoms with E-state index in [4.69, 9.17) is 15.2 Å². The molecule has 0 saturated heterocycles. The van der Waals surface area contributed by atoms with E-state index in [9.17, 15) is 0 Å². The molecule has 1 unspecified atom stereocenters. The first kappa shape index (κ1) is 11.4. The first-order chi connectivity index (χ1) is 7.83. The van der Waals surface area contributed by atoms with Gasteiger partial charge >= 0.3 is 0 Å². The topological polar surface area (TPSA) is 44.5 Å². The average Bonchev–Trinajstić information content (AvgIpc) is 2.75. The highest BCUT2D eigenvalue weighted by atomic mass is 16.5. The lowest BCUT2D eigenvalue weighted by Crippen LogP contribution is -2.31. The van der Waals surface area contributed by atoms with Gasteiger partial charge in [0.2, 0.25) is 0 Å². The summed E-state index contributed by atoms with van der Waals surface area (Å²) in [5, 5.41) is 0. The maximum Gasteiger partial charge on any atom is 0.134 e. The second-order valence-electron chi connectivity index (χ2n) is 4.21. The summed E-state index contributed by atoms with van der Waals surface area (Å²) in [7, 11) is 1.66. The van der Waals surface area contributed by atoms with Gasteiger partial charge in [0.1, 0.15) is 11.9 Å². The van der Waals surface area contributed by atoms with Gasteiger partial charge in [-0.25, -0.2) is 0 Å². The molecule has 2 N–H and O–H groups in total. The molecule has 88 valence electrons. The predicted octanol–water partition coefficient (Wildman–Crippen LogP) is 1.53. The van der Waals surface area contributed by atoms with E-state index in [0.29, 0.717) is 13.2 Å². The lowest BCUT2D eigenvalue weighted by Gasteiger charge is -2.17. The summed E-state index contributed by atoms with van der Waals surface area (Å²) in [6.07, 6.45) is 3.58. The molecule has 0 aromatic heterocycles. The standard InChI is InChI=1S/C13H19NO2/c1-15-9-13(8-14)16-12-6-5-10-3-2-4-11(10)7-12/h5-7,13H,2-4,8-9,14H2,1H3. The van der Waals surface area contributed by atoms with Gasteiger partial charge in [0, 0.05) is 13.7 Å². The van der Waals surface area contributed by atoms with Gasteiger partial charge in [-0.2, -0.15) is 0 Å². The van der Waals surface area contributed by atoms with Crippen molar-refractivity contribution in [3.63, 3.8) is 0 Å². The van der Waals surface area contributed by atoms with Gasteiger partial charge in [-0.15, -0.1) is 0 Å². The van der Waals surface area contributed by atoms with Crippen molar-refractivity contribution >= 4 is 0 Å². The first-order valence-electron chi connectivity index (χ1n) is 5.81. The van der Waals surface area contributed by atoms with Crippen molar-refractivity contribution in [2.45, 2.75) is 25.4 Å². The van der Waals surface area contributed by atoms with Crippen molar-refractivity contribution in [1.82, 2.24) is 0 Å². The van der Waals surface area contributed by atoms with E-state index >= 15 is 0 Å². The van der Waals surface area contributed by atoms with Gasteiger partial charge in [-0.3, -0.25) is 0 Å². The maximum absolute atomic E-state index is 5.78. The molecule has 1 aliphatic carbocycles. The fourth-order valence-electron chi connectivity index (χ4n) is 2.15. The molecule has 2 rings (SSSR count). The summed E-state index contributed by atoms with van der Waals surface area (Å²) in [6, 6.07) is 6.33. The number of fused-ring (bicyclic) bond motifs is 1. The summed E-state index contributed by atoms with van der Waals surface area (Å²) in [5.41, 5.74) is 8.50. The minimum absolute atomic E-state index is 0.0514. The summed E-state index contributed by atoms with van der Waals surface area (Å²) in [6.45, 7) is 1.01. The van der Waals surface area contributed by atoms with Crippen LogP contribution in [-0.4, -0.2) is 26.4 Å². The molecular formula is C13H19NO2. The van der Waals surface area contributed by atoms with Crippen LogP contribution in [0.4, 0.5) is 0 Å². The molecule has 0 radical (unpaired) electrons. The Labute approximate surface area is 96.5 Å². The number of benzene rings is 1. The Bertz CT molecular complexity index is 352. The average molecular weight is 221 g/mol. The molecule has 1 aromatic carbocycles. The van der Waals surface area contributed by atoms with E-state index in [1.807, 2.05) is 6.07 Å². The van der Waals surface area contributed by atoms with Crippen LogP contribution in [0.15, 0.2) is 18.2 Å². The van der Waals surface area contributed by atoms with E-state index in [1.54, 1.807) is 7.11 Å². The van der Waals surface area contributed by atoms with Gasteiger partial charge in [-0.1, -0.05) is 6.07 Å². The summed E-state index contributed by atoms with van der Waals surface area (Å²) < 4.78 is 10.8. The lowest BCUT2D eigenvalue weighted by atomic mass is 10.1. The Morgan fingerprint density at radius 2 is 2.12 bits per heavy atom. The molecule has 16 heavy (non-hydrogen) atoms. The molecule has 0 saturated carbocycles. The Balaban J connectivity index is 2.04. The molecule has 1 aliphatic rings. The van der Waals surface area contributed by atoms with E-state index in [2.05, 4.69) is 12.1 Å². The molecule has 0 spiro atoms. The van der Waals surface area contributed by atoms with Gasteiger partial charge in [0.05, 0.1) is 6.61 Å². The number of nitrogens with two attached hydrogens (primary N) is 1. The number of methoxy groups -OCH3 is 1. The largest absolute Gasteiger partial charge is 0.487 e. The second kappa shape index (κ2) is 5.32. The quantitative estimate of drug-likeness (QED) is 0.820. The SMILES string of the molecule is COCC(CN)Oc1ccc2c(c1)CCC2. The van der Waals surface area contributed by atoms with E-state index in [1.165, 1.54) is 30.4 Å². The highest BCUT2D eigenvalue weighted by molar-refractivity contribution is 5.38. The Morgan fingerprint density at radius 1 is 1.31 bits per heavy atom. The zero-order valence-electron chi connectivity index (χ0n) is 9.74. The highest BCUT2D eigenvalue weighted by Crippen LogP contribution is 2.26. The zero-order chi connectivity index (χ0) is 11.4. The Hall–Kier alpha value is -1.06. The third-order valence-corrected chi connectivity index (χ3v) is 2.99. The second-order valence-corrected chi connectivity index (χ2v) is 4.21. The summed E-state index contributed by atoms with van der Waals surface area (Å²) >= 11 is 0. The molecule has 3 heteroatoms. The van der Waals surface area contributed by atoms with Crippen LogP contribution in [-0.2, 0) is 17.6 Å². The van der Waals surface area contributed by atoms with Crippen molar-refractivity contribution in [3.05, 3.63) is 29.3 Å². The number of hydrogen-bond donors (Lipinski definition) is 1. The van der Waals surface area contributed by atoms with Gasteiger partial charge in [0.25, 0.3) is 0 Å². The van der Waals surface area contributed by atoms with Crippen LogP contribution in [0.25, 0.3) is 0 Å². The number of rotatable bonds is 5. The monoisotopic (exact) mass is 221 g/mol. The smallest absolute Gasteiger partial charge is 0.134 e. The van der Waals surface area contributed by atoms with Crippen molar-refractivity contribution in [2.75, 3.05) is 20.3 Å². The lowest BCUT2D eigenvalue weighted by molar-refractivity contribution is 0.0860. The van der Waals surface area contributed by atoms with Crippen molar-refractivity contribution < 1.29 is 9.47 Å². The fourth-order valence-corrected chi connectivity index (χ4v) is 2.15. The molecular weight excluding hydrogens is 202 g/mol. The minimum atomic E-state index is -0.0514. The predicted molar refractivity (Wildman–Crippen MR) is 63.8 cm³/mol. The van der Waals surface area contributed by atoms with E-state index in [0.717, 1.165) is 5.75 Å². The minimum Gasteiger partial charge on any atom is -0.487 e. The van der Waals surface area contributed by atoms with Crippen LogP contribution in [0, 0.1) is 0 Å². The van der Waals surface area contributed by atoms with Crippen molar-refractivity contribution in [1.29, 1.82) is 0 Å². The van der Waals surface area contributed by atoms with Crippen LogP contribution >= 0.6 is 0 Å². The Morgan fingerprint density at radius 3 is 2.88 bits per heavy atom. The molecule has 0 amide bonds. The first-order valence-corrected chi connectivity index (χ1v) is 5.81. The van der Waals surface area contributed by atoms with E-state index in [-0.39, 0.29) is 6.10 Å². The van der Waals surface area contributed by atoms with Crippen LogP contribution in [0.2, 0.25) is 0 Å². The molecule has 1 atom stereocenters. The third-order valence-electron chi connectivity index (χ3n) is 2.99. The van der Waals surface area contributed by atoms with Crippen LogP contribution < -0.4 is 10.5 Å². The Kier molecular flexibility index (Phi) is 3.80. The fraction of sp³-hybridized carbons (Fsp3) is 0.538. The molecule has 0 bridgehead atoms. The van der Waals surface area contributed by atoms with Gasteiger partial charge in [-0.05, 0) is 42.5 Å². The normalized spacial score (nSPS) is 15.9. The van der Waals surface area contributed by atoms with Crippen LogP contribution in [0.5, 0.6) is 5.75 Å². The maximum atomic E-state index is 5.78. The molecule has 0 aliphatic heterocycles. The van der Waals surface area contributed by atoms with Gasteiger partial charge in [0.15, 0.2) is 0 Å². The molecule has 3 nitrogen and oxygen atoms in total. The zero-order valence-corrected chi connectivity index (χ0v) is 9.74. The summed E-state index contributed by atoms with van der Waals surface area (Å²) in [5.74, 6) is 0.910. The number of aryl methyl sites for hydroxylation is 2. The molecule has 0 fully saturated rings. The number of ether oxygens (including phenoxy) is 2. The molecule has 0 heterocycles. The van der Waals surface area contributed by atoms with Crippen molar-refractivity contribution in [3.8, 4) is 5.75 Å². The van der Waals surface area contributed by atoms with Crippen LogP contribution in [0.3, 0.4) is 0 Å². The number of hydrogen-bond acceptors (Lipinski definition) is 3. The summed E-state index contributed by atoms with van der Waals surface area (Å²) in [4.78, 5) is 0.